The molecule has 0 aromatic heterocycles. The molecule has 1 N–H and O–H groups in total. The number of hydrogen-bond donors (Lipinski definition) is 1. The highest BCUT2D eigenvalue weighted by Gasteiger charge is 2.14. The van der Waals surface area contributed by atoms with E-state index in [4.69, 9.17) is 4.55 Å². The Morgan fingerprint density at radius 2 is 1.61 bits per heavy atom. The minimum absolute atomic E-state index is 0.870. The predicted octanol–water partition coefficient (Wildman–Crippen LogP) is 4.29. The average Bonchev–Trinajstić information content (AvgIpc) is 2.50. The van der Waals surface area contributed by atoms with Crippen molar-refractivity contribution in [3.63, 3.8) is 0 Å². The zero-order chi connectivity index (χ0) is 17.6. The first-order chi connectivity index (χ1) is 10.9. The molecule has 1 rings (SSSR count). The van der Waals surface area contributed by atoms with Crippen molar-refractivity contribution in [3.8, 4) is 0 Å². The van der Waals surface area contributed by atoms with Crippen molar-refractivity contribution < 1.29 is 17.2 Å². The van der Waals surface area contributed by atoms with Gasteiger partial charge in [0.25, 0.3) is 0 Å². The first-order valence-electron chi connectivity index (χ1n) is 9.14. The van der Waals surface area contributed by atoms with Crippen molar-refractivity contribution >= 4 is 10.4 Å². The Morgan fingerprint density at radius 3 is 2.09 bits per heavy atom. The van der Waals surface area contributed by atoms with Crippen molar-refractivity contribution in [3.05, 3.63) is 0 Å². The van der Waals surface area contributed by atoms with Crippen molar-refractivity contribution in [2.75, 3.05) is 26.7 Å². The second-order valence-corrected chi connectivity index (χ2v) is 7.81. The lowest BCUT2D eigenvalue weighted by molar-refractivity contribution is 0.180. The van der Waals surface area contributed by atoms with Gasteiger partial charge >= 0.3 is 10.4 Å². The number of rotatable bonds is 10. The summed E-state index contributed by atoms with van der Waals surface area (Å²) in [5.74, 6) is 0.942. The van der Waals surface area contributed by atoms with Crippen molar-refractivity contribution in [1.82, 2.24) is 4.90 Å². The highest BCUT2D eigenvalue weighted by molar-refractivity contribution is 7.80. The van der Waals surface area contributed by atoms with E-state index in [2.05, 4.69) is 22.9 Å². The van der Waals surface area contributed by atoms with E-state index >= 15 is 0 Å². The van der Waals surface area contributed by atoms with Gasteiger partial charge in [-0.2, -0.15) is 8.42 Å². The molecule has 0 amide bonds. The smallest absolute Gasteiger partial charge is 0.303 e. The van der Waals surface area contributed by atoms with E-state index in [1.807, 2.05) is 0 Å². The van der Waals surface area contributed by atoms with Gasteiger partial charge in [0.15, 0.2) is 0 Å². The first-order valence-corrected chi connectivity index (χ1v) is 10.5. The number of unbranched alkanes of at least 4 members (excludes halogenated alkanes) is 7. The van der Waals surface area contributed by atoms with Gasteiger partial charge in [0.2, 0.25) is 0 Å². The zero-order valence-electron chi connectivity index (χ0n) is 15.3. The quantitative estimate of drug-likeness (QED) is 0.469. The lowest BCUT2D eigenvalue weighted by Crippen LogP contribution is -2.34. The number of likely N-dealkylation sites (tertiary alicyclic amines) is 1. The Balaban J connectivity index is 0.000000688. The minimum atomic E-state index is -4.16. The molecular weight excluding hydrogens is 314 g/mol. The van der Waals surface area contributed by atoms with E-state index in [9.17, 15) is 8.42 Å². The molecule has 23 heavy (non-hydrogen) atoms. The van der Waals surface area contributed by atoms with Crippen LogP contribution in [0.3, 0.4) is 0 Å². The van der Waals surface area contributed by atoms with Gasteiger partial charge in [-0.05, 0) is 38.3 Å². The SMILES string of the molecule is CCCCCCCCCCN1CCCC(C)C1.COS(=O)(=O)O. The fourth-order valence-corrected chi connectivity index (χ4v) is 2.96. The molecule has 5 nitrogen and oxygen atoms in total. The lowest BCUT2D eigenvalue weighted by atomic mass is 10.00. The van der Waals surface area contributed by atoms with Crippen LogP contribution in [-0.2, 0) is 14.6 Å². The van der Waals surface area contributed by atoms with Crippen LogP contribution in [-0.4, -0.2) is 44.6 Å². The van der Waals surface area contributed by atoms with Gasteiger partial charge in [0, 0.05) is 6.54 Å². The van der Waals surface area contributed by atoms with Crippen LogP contribution >= 0.6 is 0 Å². The van der Waals surface area contributed by atoms with Crippen LogP contribution in [0.4, 0.5) is 0 Å². The van der Waals surface area contributed by atoms with Crippen molar-refractivity contribution in [1.29, 1.82) is 0 Å². The van der Waals surface area contributed by atoms with E-state index in [0.717, 1.165) is 13.0 Å². The summed E-state index contributed by atoms with van der Waals surface area (Å²) in [5, 5.41) is 0. The van der Waals surface area contributed by atoms with E-state index in [1.165, 1.54) is 83.8 Å². The summed E-state index contributed by atoms with van der Waals surface area (Å²) in [6, 6.07) is 0. The lowest BCUT2D eigenvalue weighted by Gasteiger charge is -2.30. The number of piperidine rings is 1. The average molecular weight is 352 g/mol. The molecule has 140 valence electrons. The largest absolute Gasteiger partial charge is 0.397 e. The van der Waals surface area contributed by atoms with Gasteiger partial charge in [0.1, 0.15) is 0 Å². The normalized spacial score (nSPS) is 19.2. The molecule has 0 saturated carbocycles. The van der Waals surface area contributed by atoms with Gasteiger partial charge < -0.3 is 4.90 Å². The molecule has 1 aliphatic rings. The topological polar surface area (TPSA) is 66.8 Å². The summed E-state index contributed by atoms with van der Waals surface area (Å²) < 4.78 is 29.7. The minimum Gasteiger partial charge on any atom is -0.303 e. The molecule has 0 aromatic rings. The van der Waals surface area contributed by atoms with Crippen LogP contribution in [0, 0.1) is 5.92 Å². The summed E-state index contributed by atoms with van der Waals surface area (Å²) in [6.45, 7) is 8.77. The predicted molar refractivity (Wildman–Crippen MR) is 96.0 cm³/mol. The molecule has 0 spiro atoms. The standard InChI is InChI=1S/C16H33N.CH4O4S/c1-3-4-5-6-7-8-9-10-13-17-14-11-12-16(2)15-17;1-5-6(2,3)4/h16H,3-15H2,1-2H3;1H3,(H,2,3,4). The second kappa shape index (κ2) is 14.2. The van der Waals surface area contributed by atoms with E-state index < -0.39 is 10.4 Å². The van der Waals surface area contributed by atoms with Gasteiger partial charge in [-0.15, -0.1) is 0 Å². The van der Waals surface area contributed by atoms with E-state index in [1.54, 1.807) is 0 Å². The first kappa shape index (κ1) is 22.8. The fourth-order valence-electron chi connectivity index (χ4n) is 2.96. The Hall–Kier alpha value is -0.170. The molecule has 1 fully saturated rings. The van der Waals surface area contributed by atoms with E-state index in [-0.39, 0.29) is 0 Å². The maximum atomic E-state index is 9.33. The third kappa shape index (κ3) is 16.5. The van der Waals surface area contributed by atoms with Crippen LogP contribution in [0.15, 0.2) is 0 Å². The zero-order valence-corrected chi connectivity index (χ0v) is 16.1. The Morgan fingerprint density at radius 1 is 1.09 bits per heavy atom. The Kier molecular flexibility index (Phi) is 14.1. The Bertz CT molecular complexity index is 360. The molecule has 1 aliphatic heterocycles. The summed E-state index contributed by atoms with van der Waals surface area (Å²) in [5.41, 5.74) is 0. The van der Waals surface area contributed by atoms with Crippen LogP contribution in [0.1, 0.15) is 78.1 Å². The van der Waals surface area contributed by atoms with Gasteiger partial charge in [-0.1, -0.05) is 58.8 Å². The monoisotopic (exact) mass is 351 g/mol. The molecule has 1 atom stereocenters. The van der Waals surface area contributed by atoms with Crippen LogP contribution in [0.2, 0.25) is 0 Å². The van der Waals surface area contributed by atoms with Crippen LogP contribution in [0.25, 0.3) is 0 Å². The molecule has 0 aromatic carbocycles. The molecular formula is C17H37NO4S. The third-order valence-electron chi connectivity index (χ3n) is 4.28. The highest BCUT2D eigenvalue weighted by atomic mass is 32.3. The summed E-state index contributed by atoms with van der Waals surface area (Å²) in [4.78, 5) is 2.69. The maximum Gasteiger partial charge on any atom is 0.397 e. The van der Waals surface area contributed by atoms with Crippen molar-refractivity contribution in [2.24, 2.45) is 5.92 Å². The summed E-state index contributed by atoms with van der Waals surface area (Å²) in [6.07, 6.45) is 14.4. The molecule has 1 saturated heterocycles. The second-order valence-electron chi connectivity index (χ2n) is 6.62. The summed E-state index contributed by atoms with van der Waals surface area (Å²) >= 11 is 0. The van der Waals surface area contributed by atoms with Crippen LogP contribution < -0.4 is 0 Å². The van der Waals surface area contributed by atoms with E-state index in [0.29, 0.717) is 0 Å². The molecule has 0 aliphatic carbocycles. The molecule has 0 bridgehead atoms. The van der Waals surface area contributed by atoms with Crippen LogP contribution in [0.5, 0.6) is 0 Å². The van der Waals surface area contributed by atoms with Crippen molar-refractivity contribution in [2.45, 2.75) is 78.1 Å². The molecule has 6 heteroatoms. The Labute approximate surface area is 143 Å². The summed E-state index contributed by atoms with van der Waals surface area (Å²) in [7, 11) is -3.29. The fraction of sp³-hybridized carbons (Fsp3) is 1.00. The number of hydrogen-bond acceptors (Lipinski definition) is 4. The molecule has 0 radical (unpaired) electrons. The third-order valence-corrected chi connectivity index (χ3v) is 4.70. The van der Waals surface area contributed by atoms with Gasteiger partial charge in [-0.3, -0.25) is 8.74 Å². The number of nitrogens with zero attached hydrogens (tertiary/aromatic N) is 1. The molecule has 1 unspecified atom stereocenters. The van der Waals surface area contributed by atoms with Gasteiger partial charge in [-0.25, -0.2) is 0 Å². The highest BCUT2D eigenvalue weighted by Crippen LogP contribution is 2.16. The molecule has 1 heterocycles. The van der Waals surface area contributed by atoms with Gasteiger partial charge in [0.05, 0.1) is 7.11 Å². The maximum absolute atomic E-state index is 9.33.